The first-order chi connectivity index (χ1) is 8.62. The molecule has 0 radical (unpaired) electrons. The van der Waals surface area contributed by atoms with E-state index in [0.29, 0.717) is 5.41 Å². The molecule has 2 nitrogen and oxygen atoms in total. The van der Waals surface area contributed by atoms with Gasteiger partial charge in [-0.05, 0) is 61.3 Å². The normalized spacial score (nSPS) is 17.1. The molecule has 0 aliphatic heterocycles. The van der Waals surface area contributed by atoms with Crippen LogP contribution >= 0.6 is 0 Å². The van der Waals surface area contributed by atoms with Crippen LogP contribution in [0.4, 0.5) is 5.69 Å². The first-order valence-corrected chi connectivity index (χ1v) is 7.17. The third-order valence-corrected chi connectivity index (χ3v) is 4.39. The first kappa shape index (κ1) is 13.4. The highest BCUT2D eigenvalue weighted by molar-refractivity contribution is 5.39. The van der Waals surface area contributed by atoms with Crippen LogP contribution in [-0.4, -0.2) is 13.1 Å². The van der Waals surface area contributed by atoms with Crippen molar-refractivity contribution in [2.24, 2.45) is 11.3 Å². The summed E-state index contributed by atoms with van der Waals surface area (Å²) in [5.74, 6) is 0.821. The predicted octanol–water partition coefficient (Wildman–Crippen LogP) is 3.23. The van der Waals surface area contributed by atoms with Crippen molar-refractivity contribution in [3.63, 3.8) is 0 Å². The molecule has 0 saturated heterocycles. The van der Waals surface area contributed by atoms with E-state index in [9.17, 15) is 0 Å². The molecular formula is C16H26N2. The molecule has 0 heterocycles. The monoisotopic (exact) mass is 246 g/mol. The molecule has 100 valence electrons. The zero-order valence-corrected chi connectivity index (χ0v) is 11.7. The number of nitrogen functional groups attached to an aromatic ring is 1. The fourth-order valence-electron chi connectivity index (χ4n) is 2.56. The van der Waals surface area contributed by atoms with Crippen LogP contribution in [0.5, 0.6) is 0 Å². The summed E-state index contributed by atoms with van der Waals surface area (Å²) in [4.78, 5) is 0. The summed E-state index contributed by atoms with van der Waals surface area (Å²) in [6.07, 6.45) is 5.17. The molecule has 1 aromatic rings. The highest BCUT2D eigenvalue weighted by atomic mass is 14.9. The summed E-state index contributed by atoms with van der Waals surface area (Å²) in [5, 5.41) is 3.63. The molecule has 2 heteroatoms. The van der Waals surface area contributed by atoms with E-state index in [-0.39, 0.29) is 0 Å². The molecule has 2 rings (SSSR count). The van der Waals surface area contributed by atoms with E-state index in [0.717, 1.165) is 24.6 Å². The molecule has 0 bridgehead atoms. The number of benzene rings is 1. The Morgan fingerprint density at radius 2 is 1.89 bits per heavy atom. The third-order valence-electron chi connectivity index (χ3n) is 4.39. The summed E-state index contributed by atoms with van der Waals surface area (Å²) >= 11 is 0. The van der Waals surface area contributed by atoms with E-state index in [1.54, 1.807) is 0 Å². The third kappa shape index (κ3) is 3.49. The lowest BCUT2D eigenvalue weighted by atomic mass is 9.92. The Labute approximate surface area is 111 Å². The van der Waals surface area contributed by atoms with E-state index >= 15 is 0 Å². The van der Waals surface area contributed by atoms with Crippen molar-refractivity contribution < 1.29 is 0 Å². The maximum atomic E-state index is 5.67. The second-order valence-corrected chi connectivity index (χ2v) is 6.04. The maximum Gasteiger partial charge on any atom is 0.0314 e. The van der Waals surface area contributed by atoms with E-state index in [1.165, 1.54) is 31.4 Å². The van der Waals surface area contributed by atoms with Crippen LogP contribution in [-0.2, 0) is 6.42 Å². The van der Waals surface area contributed by atoms with Crippen molar-refractivity contribution in [2.45, 2.75) is 39.5 Å². The van der Waals surface area contributed by atoms with Crippen LogP contribution in [0.2, 0.25) is 0 Å². The molecular weight excluding hydrogens is 220 g/mol. The lowest BCUT2D eigenvalue weighted by Crippen LogP contribution is -2.28. The standard InChI is InChI=1S/C16H26N2/c1-13(2)16(9-10-16)12-18-11-3-4-14-5-7-15(17)8-6-14/h5-8,13,18H,3-4,9-12,17H2,1-2H3. The average molecular weight is 246 g/mol. The fourth-order valence-corrected chi connectivity index (χ4v) is 2.56. The Balaban J connectivity index is 1.60. The highest BCUT2D eigenvalue weighted by Gasteiger charge is 2.44. The molecule has 1 fully saturated rings. The zero-order valence-electron chi connectivity index (χ0n) is 11.7. The smallest absolute Gasteiger partial charge is 0.0314 e. The number of hydrogen-bond donors (Lipinski definition) is 2. The van der Waals surface area contributed by atoms with Crippen LogP contribution < -0.4 is 11.1 Å². The van der Waals surface area contributed by atoms with Crippen LogP contribution in [0.3, 0.4) is 0 Å². The number of nitrogens with one attached hydrogen (secondary N) is 1. The minimum absolute atomic E-state index is 0.626. The lowest BCUT2D eigenvalue weighted by molar-refractivity contribution is 0.338. The number of rotatable bonds is 7. The Kier molecular flexibility index (Phi) is 4.28. The lowest BCUT2D eigenvalue weighted by Gasteiger charge is -2.20. The quantitative estimate of drug-likeness (QED) is 0.572. The van der Waals surface area contributed by atoms with Gasteiger partial charge in [0, 0.05) is 12.2 Å². The number of aryl methyl sites for hydroxylation is 1. The fraction of sp³-hybridized carbons (Fsp3) is 0.625. The summed E-state index contributed by atoms with van der Waals surface area (Å²) in [6, 6.07) is 8.24. The Bertz CT molecular complexity index is 363. The van der Waals surface area contributed by atoms with Gasteiger partial charge in [-0.2, -0.15) is 0 Å². The number of hydrogen-bond acceptors (Lipinski definition) is 2. The largest absolute Gasteiger partial charge is 0.399 e. The van der Waals surface area contributed by atoms with Crippen LogP contribution in [0, 0.1) is 11.3 Å². The van der Waals surface area contributed by atoms with E-state index in [2.05, 4.69) is 31.3 Å². The molecule has 0 aromatic heterocycles. The van der Waals surface area contributed by atoms with Gasteiger partial charge in [-0.3, -0.25) is 0 Å². The van der Waals surface area contributed by atoms with Gasteiger partial charge in [-0.15, -0.1) is 0 Å². The van der Waals surface area contributed by atoms with Gasteiger partial charge in [-0.1, -0.05) is 26.0 Å². The van der Waals surface area contributed by atoms with Crippen LogP contribution in [0.1, 0.15) is 38.7 Å². The molecule has 3 N–H and O–H groups in total. The summed E-state index contributed by atoms with van der Waals surface area (Å²) in [5.41, 5.74) is 8.54. The molecule has 1 aromatic carbocycles. The van der Waals surface area contributed by atoms with Gasteiger partial charge in [0.1, 0.15) is 0 Å². The molecule has 0 amide bonds. The van der Waals surface area contributed by atoms with Gasteiger partial charge < -0.3 is 11.1 Å². The topological polar surface area (TPSA) is 38.0 Å². The number of nitrogens with two attached hydrogens (primary N) is 1. The van der Waals surface area contributed by atoms with Crippen LogP contribution in [0.25, 0.3) is 0 Å². The SMILES string of the molecule is CC(C)C1(CNCCCc2ccc(N)cc2)CC1. The Morgan fingerprint density at radius 3 is 2.44 bits per heavy atom. The summed E-state index contributed by atoms with van der Waals surface area (Å²) < 4.78 is 0. The van der Waals surface area contributed by atoms with Crippen molar-refractivity contribution in [3.8, 4) is 0 Å². The Hall–Kier alpha value is -1.02. The van der Waals surface area contributed by atoms with Crippen molar-refractivity contribution in [3.05, 3.63) is 29.8 Å². The van der Waals surface area contributed by atoms with Gasteiger partial charge in [-0.25, -0.2) is 0 Å². The molecule has 0 spiro atoms. The molecule has 1 aliphatic rings. The van der Waals surface area contributed by atoms with Gasteiger partial charge in [0.2, 0.25) is 0 Å². The first-order valence-electron chi connectivity index (χ1n) is 7.17. The van der Waals surface area contributed by atoms with E-state index in [4.69, 9.17) is 5.73 Å². The minimum atomic E-state index is 0.626. The van der Waals surface area contributed by atoms with Crippen molar-refractivity contribution in [2.75, 3.05) is 18.8 Å². The Morgan fingerprint density at radius 1 is 1.22 bits per heavy atom. The zero-order chi connectivity index (χ0) is 13.0. The number of anilines is 1. The molecule has 0 unspecified atom stereocenters. The maximum absolute atomic E-state index is 5.67. The summed E-state index contributed by atoms with van der Waals surface area (Å²) in [6.45, 7) is 7.03. The van der Waals surface area contributed by atoms with Gasteiger partial charge in [0.05, 0.1) is 0 Å². The molecule has 18 heavy (non-hydrogen) atoms. The van der Waals surface area contributed by atoms with Gasteiger partial charge in [0.15, 0.2) is 0 Å². The highest BCUT2D eigenvalue weighted by Crippen LogP contribution is 2.51. The van der Waals surface area contributed by atoms with E-state index in [1.807, 2.05) is 12.1 Å². The average Bonchev–Trinajstić information content (AvgIpc) is 3.12. The van der Waals surface area contributed by atoms with E-state index < -0.39 is 0 Å². The second kappa shape index (κ2) is 5.75. The van der Waals surface area contributed by atoms with Crippen LogP contribution in [0.15, 0.2) is 24.3 Å². The van der Waals surface area contributed by atoms with Crippen molar-refractivity contribution in [1.82, 2.24) is 5.32 Å². The van der Waals surface area contributed by atoms with Gasteiger partial charge in [0.25, 0.3) is 0 Å². The summed E-state index contributed by atoms with van der Waals surface area (Å²) in [7, 11) is 0. The van der Waals surface area contributed by atoms with Crippen molar-refractivity contribution in [1.29, 1.82) is 0 Å². The second-order valence-electron chi connectivity index (χ2n) is 6.04. The molecule has 1 aliphatic carbocycles. The van der Waals surface area contributed by atoms with Gasteiger partial charge >= 0.3 is 0 Å². The predicted molar refractivity (Wildman–Crippen MR) is 78.6 cm³/mol. The molecule has 1 saturated carbocycles. The minimum Gasteiger partial charge on any atom is -0.399 e. The molecule has 0 atom stereocenters. The van der Waals surface area contributed by atoms with Crippen molar-refractivity contribution >= 4 is 5.69 Å².